The Labute approximate surface area is 162 Å². The molecular weight excluding hydrogens is 352 g/mol. The lowest BCUT2D eigenvalue weighted by Crippen LogP contribution is -2.29. The van der Waals surface area contributed by atoms with Crippen LogP contribution in [-0.4, -0.2) is 30.6 Å². The summed E-state index contributed by atoms with van der Waals surface area (Å²) in [6.45, 7) is 10.0. The second-order valence-electron chi connectivity index (χ2n) is 7.90. The molecule has 0 spiro atoms. The fourth-order valence-electron chi connectivity index (χ4n) is 3.10. The van der Waals surface area contributed by atoms with Crippen LogP contribution in [-0.2, 0) is 25.4 Å². The van der Waals surface area contributed by atoms with E-state index in [1.54, 1.807) is 0 Å². The van der Waals surface area contributed by atoms with Gasteiger partial charge in [-0.25, -0.2) is 0 Å². The Hall–Kier alpha value is -1.10. The molecule has 0 N–H and O–H groups in total. The topological polar surface area (TPSA) is 44.8 Å². The van der Waals surface area contributed by atoms with Gasteiger partial charge < -0.3 is 14.2 Å². The van der Waals surface area contributed by atoms with Gasteiger partial charge in [0, 0.05) is 17.9 Å². The molecule has 1 aromatic rings. The lowest BCUT2D eigenvalue weighted by molar-refractivity contribution is -0.180. The van der Waals surface area contributed by atoms with E-state index in [0.717, 1.165) is 23.4 Å². The van der Waals surface area contributed by atoms with E-state index in [1.165, 1.54) is 0 Å². The van der Waals surface area contributed by atoms with Crippen LogP contribution >= 0.6 is 11.6 Å². The molecule has 4 nitrogen and oxygen atoms in total. The maximum Gasteiger partial charge on any atom is 0.311 e. The van der Waals surface area contributed by atoms with Gasteiger partial charge in [0.1, 0.15) is 0 Å². The van der Waals surface area contributed by atoms with Crippen molar-refractivity contribution in [2.75, 3.05) is 6.61 Å². The molecule has 1 unspecified atom stereocenters. The lowest BCUT2D eigenvalue weighted by atomic mass is 9.97. The summed E-state index contributed by atoms with van der Waals surface area (Å²) in [5.74, 6) is -0.763. The number of halogens is 1. The Morgan fingerprint density at radius 1 is 1.15 bits per heavy atom. The Kier molecular flexibility index (Phi) is 7.12. The largest absolute Gasteiger partial charge is 0.465 e. The number of hydrogen-bond acceptors (Lipinski definition) is 4. The minimum atomic E-state index is -0.565. The highest BCUT2D eigenvalue weighted by atomic mass is 35.5. The predicted octanol–water partition coefficient (Wildman–Crippen LogP) is 5.16. The molecule has 1 heterocycles. The third kappa shape index (κ3) is 5.21. The zero-order valence-corrected chi connectivity index (χ0v) is 17.3. The summed E-state index contributed by atoms with van der Waals surface area (Å²) in [4.78, 5) is 12.0. The molecule has 0 aliphatic carbocycles. The van der Waals surface area contributed by atoms with Crippen LogP contribution in [0, 0.1) is 5.41 Å². The first-order valence-electron chi connectivity index (χ1n) is 9.47. The predicted molar refractivity (Wildman–Crippen MR) is 103 cm³/mol. The van der Waals surface area contributed by atoms with Crippen molar-refractivity contribution in [3.8, 4) is 0 Å². The lowest BCUT2D eigenvalue weighted by Gasteiger charge is -2.25. The number of esters is 1. The Morgan fingerprint density at radius 3 is 2.35 bits per heavy atom. The average molecular weight is 383 g/mol. The molecule has 0 amide bonds. The third-order valence-corrected chi connectivity index (χ3v) is 5.22. The van der Waals surface area contributed by atoms with Crippen LogP contribution in [0.4, 0.5) is 0 Å². The van der Waals surface area contributed by atoms with Gasteiger partial charge in [-0.2, -0.15) is 0 Å². The highest BCUT2D eigenvalue weighted by Crippen LogP contribution is 2.37. The summed E-state index contributed by atoms with van der Waals surface area (Å²) >= 11 is 6.32. The molecule has 5 heteroatoms. The summed E-state index contributed by atoms with van der Waals surface area (Å²) in [6, 6.07) is 7.80. The second-order valence-corrected chi connectivity index (χ2v) is 8.31. The van der Waals surface area contributed by atoms with Crippen molar-refractivity contribution in [1.29, 1.82) is 0 Å². The maximum absolute atomic E-state index is 12.0. The summed E-state index contributed by atoms with van der Waals surface area (Å²) in [5.41, 5.74) is 0.545. The number of carbonyl (C=O) groups excluding carboxylic acids is 1. The van der Waals surface area contributed by atoms with Gasteiger partial charge in [-0.05, 0) is 45.2 Å². The van der Waals surface area contributed by atoms with Crippen LogP contribution in [0.15, 0.2) is 24.3 Å². The molecule has 0 saturated carbocycles. The van der Waals surface area contributed by atoms with Gasteiger partial charge in [0.15, 0.2) is 5.79 Å². The van der Waals surface area contributed by atoms with Gasteiger partial charge in [0.2, 0.25) is 0 Å². The first kappa shape index (κ1) is 21.2. The van der Waals surface area contributed by atoms with Gasteiger partial charge in [0.05, 0.1) is 24.2 Å². The fourth-order valence-corrected chi connectivity index (χ4v) is 3.31. The van der Waals surface area contributed by atoms with E-state index in [2.05, 4.69) is 13.8 Å². The summed E-state index contributed by atoms with van der Waals surface area (Å²) in [7, 11) is 0. The van der Waals surface area contributed by atoms with Crippen molar-refractivity contribution in [3.63, 3.8) is 0 Å². The van der Waals surface area contributed by atoms with Gasteiger partial charge in [0.25, 0.3) is 0 Å². The van der Waals surface area contributed by atoms with E-state index in [0.29, 0.717) is 19.4 Å². The van der Waals surface area contributed by atoms with Crippen LogP contribution in [0.2, 0.25) is 5.02 Å². The van der Waals surface area contributed by atoms with Crippen LogP contribution in [0.1, 0.15) is 59.4 Å². The molecule has 1 fully saturated rings. The molecular formula is C21H31ClO4. The molecule has 26 heavy (non-hydrogen) atoms. The van der Waals surface area contributed by atoms with Crippen LogP contribution in [0.25, 0.3) is 0 Å². The van der Waals surface area contributed by atoms with Gasteiger partial charge in [-0.15, -0.1) is 0 Å². The van der Waals surface area contributed by atoms with E-state index >= 15 is 0 Å². The first-order valence-corrected chi connectivity index (χ1v) is 9.85. The van der Waals surface area contributed by atoms with Crippen molar-refractivity contribution in [2.24, 2.45) is 5.41 Å². The van der Waals surface area contributed by atoms with Gasteiger partial charge >= 0.3 is 5.97 Å². The maximum atomic E-state index is 12.0. The van der Waals surface area contributed by atoms with Gasteiger partial charge in [-0.3, -0.25) is 4.79 Å². The Morgan fingerprint density at radius 2 is 1.77 bits per heavy atom. The quantitative estimate of drug-likeness (QED) is 0.611. The summed E-state index contributed by atoms with van der Waals surface area (Å²) < 4.78 is 18.0. The Bertz CT molecular complexity index is 604. The van der Waals surface area contributed by atoms with Crippen molar-refractivity contribution in [2.45, 2.75) is 78.3 Å². The minimum absolute atomic E-state index is 0.108. The molecule has 1 aliphatic heterocycles. The van der Waals surface area contributed by atoms with Gasteiger partial charge in [-0.1, -0.05) is 43.6 Å². The fraction of sp³-hybridized carbons (Fsp3) is 0.667. The normalized spacial score (nSPS) is 22.4. The third-order valence-electron chi connectivity index (χ3n) is 4.85. The van der Waals surface area contributed by atoms with Crippen LogP contribution in [0.5, 0.6) is 0 Å². The SMILES string of the molecule is CCC1(CC)OC(Cc2ccccc2Cl)[C@H](CCOC(=O)C(C)(C)C)O1. The van der Waals surface area contributed by atoms with E-state index in [-0.39, 0.29) is 18.2 Å². The number of ether oxygens (including phenoxy) is 3. The smallest absolute Gasteiger partial charge is 0.311 e. The molecule has 146 valence electrons. The molecule has 2 atom stereocenters. The second kappa shape index (κ2) is 8.73. The van der Waals surface area contributed by atoms with E-state index < -0.39 is 11.2 Å². The molecule has 0 bridgehead atoms. The van der Waals surface area contributed by atoms with Crippen LogP contribution < -0.4 is 0 Å². The summed E-state index contributed by atoms with van der Waals surface area (Å²) in [5, 5.41) is 0.736. The summed E-state index contributed by atoms with van der Waals surface area (Å²) in [6.07, 6.45) is 2.61. The van der Waals surface area contributed by atoms with E-state index in [4.69, 9.17) is 25.8 Å². The molecule has 0 aromatic heterocycles. The van der Waals surface area contributed by atoms with Crippen molar-refractivity contribution >= 4 is 17.6 Å². The standard InChI is InChI=1S/C21H31ClO4/c1-6-21(7-2)25-17(12-13-24-19(23)20(3,4)5)18(26-21)14-15-10-8-9-11-16(15)22/h8-11,17-18H,6-7,12-14H2,1-5H3/t17-,18?/m0/s1. The number of carbonyl (C=O) groups is 1. The number of hydrogen-bond donors (Lipinski definition) is 0. The van der Waals surface area contributed by atoms with E-state index in [1.807, 2.05) is 45.0 Å². The zero-order chi connectivity index (χ0) is 19.4. The van der Waals surface area contributed by atoms with Crippen molar-refractivity contribution in [1.82, 2.24) is 0 Å². The molecule has 1 aromatic carbocycles. The monoisotopic (exact) mass is 382 g/mol. The molecule has 1 aliphatic rings. The van der Waals surface area contributed by atoms with Crippen LogP contribution in [0.3, 0.4) is 0 Å². The first-order chi connectivity index (χ1) is 12.2. The van der Waals surface area contributed by atoms with Crippen molar-refractivity contribution in [3.05, 3.63) is 34.9 Å². The minimum Gasteiger partial charge on any atom is -0.465 e. The Balaban J connectivity index is 2.05. The highest BCUT2D eigenvalue weighted by Gasteiger charge is 2.45. The molecule has 1 saturated heterocycles. The van der Waals surface area contributed by atoms with E-state index in [9.17, 15) is 4.79 Å². The highest BCUT2D eigenvalue weighted by molar-refractivity contribution is 6.31. The number of benzene rings is 1. The number of rotatable bonds is 7. The van der Waals surface area contributed by atoms with Crippen molar-refractivity contribution < 1.29 is 19.0 Å². The average Bonchev–Trinajstić information content (AvgIpc) is 2.94. The molecule has 2 rings (SSSR count). The zero-order valence-electron chi connectivity index (χ0n) is 16.5. The molecule has 0 radical (unpaired) electrons.